The quantitative estimate of drug-likeness (QED) is 0.873. The fourth-order valence-electron chi connectivity index (χ4n) is 1.93. The van der Waals surface area contributed by atoms with Crippen LogP contribution in [0.2, 0.25) is 10.0 Å². The molecule has 1 saturated heterocycles. The minimum Gasteiger partial charge on any atom is -0.506 e. The Bertz CT molecular complexity index is 486. The van der Waals surface area contributed by atoms with E-state index in [1.165, 1.54) is 6.07 Å². The van der Waals surface area contributed by atoms with Crippen LogP contribution in [-0.2, 0) is 4.74 Å². The highest BCUT2D eigenvalue weighted by atomic mass is 35.5. The molecule has 1 N–H and O–H groups in total. The van der Waals surface area contributed by atoms with Gasteiger partial charge in [0.05, 0.1) is 37.0 Å². The third kappa shape index (κ3) is 3.53. The Balaban J connectivity index is 2.33. The number of morpholine rings is 1. The Morgan fingerprint density at radius 1 is 1.37 bits per heavy atom. The number of nitrogens with zero attached hydrogens (tertiary/aromatic N) is 2. The second-order valence-corrected chi connectivity index (χ2v) is 5.09. The third-order valence-corrected chi connectivity index (χ3v) is 3.43. The van der Waals surface area contributed by atoms with Crippen LogP contribution in [0.3, 0.4) is 0 Å². The third-order valence-electron chi connectivity index (χ3n) is 2.92. The minimum absolute atomic E-state index is 0.0277. The molecule has 0 spiro atoms. The summed E-state index contributed by atoms with van der Waals surface area (Å²) in [7, 11) is 0. The van der Waals surface area contributed by atoms with E-state index in [1.54, 1.807) is 6.07 Å². The Labute approximate surface area is 122 Å². The number of ether oxygens (including phenoxy) is 1. The molecule has 0 amide bonds. The van der Waals surface area contributed by atoms with E-state index in [1.807, 2.05) is 11.9 Å². The van der Waals surface area contributed by atoms with Crippen LogP contribution in [0.25, 0.3) is 0 Å². The summed E-state index contributed by atoms with van der Waals surface area (Å²) in [5.41, 5.74) is 1.36. The predicted molar refractivity (Wildman–Crippen MR) is 77.3 cm³/mol. The van der Waals surface area contributed by atoms with Gasteiger partial charge in [-0.3, -0.25) is 5.01 Å². The molecule has 1 aromatic rings. The average molecular weight is 303 g/mol. The summed E-state index contributed by atoms with van der Waals surface area (Å²) < 4.78 is 5.28. The molecular weight excluding hydrogens is 287 g/mol. The van der Waals surface area contributed by atoms with E-state index >= 15 is 0 Å². The van der Waals surface area contributed by atoms with Gasteiger partial charge in [0.15, 0.2) is 0 Å². The van der Waals surface area contributed by atoms with Crippen molar-refractivity contribution in [2.24, 2.45) is 5.10 Å². The first-order chi connectivity index (χ1) is 9.11. The smallest absolute Gasteiger partial charge is 0.143 e. The van der Waals surface area contributed by atoms with Crippen molar-refractivity contribution >= 4 is 28.9 Å². The normalized spacial score (nSPS) is 16.8. The number of phenols is 1. The maximum Gasteiger partial charge on any atom is 0.143 e. The first-order valence-corrected chi connectivity index (χ1v) is 6.96. The van der Waals surface area contributed by atoms with Crippen LogP contribution < -0.4 is 0 Å². The number of benzene rings is 1. The first-order valence-electron chi connectivity index (χ1n) is 6.20. The summed E-state index contributed by atoms with van der Waals surface area (Å²) in [5, 5.41) is 17.3. The number of hydrogen-bond donors (Lipinski definition) is 1. The van der Waals surface area contributed by atoms with Gasteiger partial charge in [-0.2, -0.15) is 5.10 Å². The lowest BCUT2D eigenvalue weighted by atomic mass is 10.1. The number of aromatic hydroxyl groups is 1. The standard InChI is InChI=1S/C13H16Cl2N2O2/c1-2-12(16-17-3-5-19-6-4-17)10-7-9(14)8-11(15)13(10)18/h7-8,18H,2-6H2,1H3/b16-12-. The van der Waals surface area contributed by atoms with Crippen LogP contribution in [0, 0.1) is 0 Å². The summed E-state index contributed by atoms with van der Waals surface area (Å²) in [5.74, 6) is 0.0277. The van der Waals surface area contributed by atoms with Gasteiger partial charge in [-0.05, 0) is 18.6 Å². The van der Waals surface area contributed by atoms with Gasteiger partial charge < -0.3 is 9.84 Å². The Hall–Kier alpha value is -0.970. The van der Waals surface area contributed by atoms with Gasteiger partial charge in [-0.25, -0.2) is 0 Å². The molecular formula is C13H16Cl2N2O2. The molecule has 2 rings (SSSR count). The molecule has 0 radical (unpaired) electrons. The van der Waals surface area contributed by atoms with E-state index in [4.69, 9.17) is 27.9 Å². The largest absolute Gasteiger partial charge is 0.506 e. The van der Waals surface area contributed by atoms with Crippen molar-refractivity contribution in [3.8, 4) is 5.75 Å². The summed E-state index contributed by atoms with van der Waals surface area (Å²) in [6, 6.07) is 3.20. The molecule has 0 bridgehead atoms. The van der Waals surface area contributed by atoms with Gasteiger partial charge in [-0.15, -0.1) is 0 Å². The van der Waals surface area contributed by atoms with Crippen LogP contribution >= 0.6 is 23.2 Å². The lowest BCUT2D eigenvalue weighted by molar-refractivity contribution is 0.0393. The number of hydrazone groups is 1. The molecule has 0 unspecified atom stereocenters. The monoisotopic (exact) mass is 302 g/mol. The number of rotatable bonds is 3. The number of hydrogen-bond acceptors (Lipinski definition) is 4. The van der Waals surface area contributed by atoms with Crippen molar-refractivity contribution in [1.82, 2.24) is 5.01 Å². The molecule has 19 heavy (non-hydrogen) atoms. The predicted octanol–water partition coefficient (Wildman–Crippen LogP) is 3.15. The fourth-order valence-corrected chi connectivity index (χ4v) is 2.42. The number of phenolic OH excluding ortho intramolecular Hbond substituents is 1. The molecule has 0 aliphatic carbocycles. The van der Waals surface area contributed by atoms with Crippen molar-refractivity contribution in [1.29, 1.82) is 0 Å². The SMILES string of the molecule is CC/C(=N/N1CCOCC1)c1cc(Cl)cc(Cl)c1O. The molecule has 104 valence electrons. The van der Waals surface area contributed by atoms with Crippen LogP contribution in [0.5, 0.6) is 5.75 Å². The van der Waals surface area contributed by atoms with Crippen molar-refractivity contribution in [3.63, 3.8) is 0 Å². The molecule has 4 nitrogen and oxygen atoms in total. The molecule has 1 aliphatic heterocycles. The molecule has 0 atom stereocenters. The van der Waals surface area contributed by atoms with E-state index < -0.39 is 0 Å². The van der Waals surface area contributed by atoms with Crippen molar-refractivity contribution in [2.75, 3.05) is 26.3 Å². The summed E-state index contributed by atoms with van der Waals surface area (Å²) in [4.78, 5) is 0. The molecule has 1 heterocycles. The average Bonchev–Trinajstić information content (AvgIpc) is 2.41. The molecule has 6 heteroatoms. The van der Waals surface area contributed by atoms with Gasteiger partial charge >= 0.3 is 0 Å². The summed E-state index contributed by atoms with van der Waals surface area (Å²) in [6.07, 6.45) is 0.682. The molecule has 1 aromatic carbocycles. The summed E-state index contributed by atoms with van der Waals surface area (Å²) >= 11 is 11.9. The van der Waals surface area contributed by atoms with Crippen molar-refractivity contribution < 1.29 is 9.84 Å². The topological polar surface area (TPSA) is 45.1 Å². The van der Waals surface area contributed by atoms with Crippen LogP contribution in [0.15, 0.2) is 17.2 Å². The Morgan fingerprint density at radius 2 is 2.05 bits per heavy atom. The van der Waals surface area contributed by atoms with E-state index in [0.29, 0.717) is 30.2 Å². The van der Waals surface area contributed by atoms with Gasteiger partial charge in [0.25, 0.3) is 0 Å². The van der Waals surface area contributed by atoms with Gasteiger partial charge in [0, 0.05) is 10.6 Å². The Kier molecular flexibility index (Phi) is 4.91. The highest BCUT2D eigenvalue weighted by Gasteiger charge is 2.15. The maximum absolute atomic E-state index is 10.0. The van der Waals surface area contributed by atoms with E-state index in [9.17, 15) is 5.11 Å². The lowest BCUT2D eigenvalue weighted by Gasteiger charge is -2.25. The maximum atomic E-state index is 10.0. The summed E-state index contributed by atoms with van der Waals surface area (Å²) in [6.45, 7) is 4.82. The lowest BCUT2D eigenvalue weighted by Crippen LogP contribution is -2.33. The zero-order valence-electron chi connectivity index (χ0n) is 10.7. The first kappa shape index (κ1) is 14.4. The number of halogens is 2. The van der Waals surface area contributed by atoms with Crippen molar-refractivity contribution in [3.05, 3.63) is 27.7 Å². The van der Waals surface area contributed by atoms with Gasteiger partial charge in [0.1, 0.15) is 5.75 Å². The zero-order valence-corrected chi connectivity index (χ0v) is 12.2. The second-order valence-electron chi connectivity index (χ2n) is 4.25. The highest BCUT2D eigenvalue weighted by Crippen LogP contribution is 2.32. The van der Waals surface area contributed by atoms with Crippen LogP contribution in [0.1, 0.15) is 18.9 Å². The Morgan fingerprint density at radius 3 is 2.68 bits per heavy atom. The van der Waals surface area contributed by atoms with E-state index in [-0.39, 0.29) is 10.8 Å². The van der Waals surface area contributed by atoms with Crippen LogP contribution in [0.4, 0.5) is 0 Å². The molecule has 1 fully saturated rings. The fraction of sp³-hybridized carbons (Fsp3) is 0.462. The minimum atomic E-state index is 0.0277. The molecule has 1 aliphatic rings. The molecule has 0 aromatic heterocycles. The van der Waals surface area contributed by atoms with Gasteiger partial charge in [-0.1, -0.05) is 30.1 Å². The van der Waals surface area contributed by atoms with Gasteiger partial charge in [0.2, 0.25) is 0 Å². The zero-order chi connectivity index (χ0) is 13.8. The van der Waals surface area contributed by atoms with E-state index in [2.05, 4.69) is 5.10 Å². The molecule has 0 saturated carbocycles. The van der Waals surface area contributed by atoms with Crippen LogP contribution in [-0.4, -0.2) is 42.1 Å². The van der Waals surface area contributed by atoms with Crippen molar-refractivity contribution in [2.45, 2.75) is 13.3 Å². The highest BCUT2D eigenvalue weighted by molar-refractivity contribution is 6.36. The second kappa shape index (κ2) is 6.46. The van der Waals surface area contributed by atoms with E-state index in [0.717, 1.165) is 18.8 Å².